The van der Waals surface area contributed by atoms with Crippen LogP contribution in [0, 0.1) is 13.1 Å². The normalized spacial score (nSPS) is 11.3. The summed E-state index contributed by atoms with van der Waals surface area (Å²) in [6, 6.07) is 45.6. The van der Waals surface area contributed by atoms with Crippen LogP contribution >= 0.6 is 0 Å². The number of fused-ring (bicyclic) bond motifs is 6. The van der Waals surface area contributed by atoms with Crippen LogP contribution < -0.4 is 0 Å². The van der Waals surface area contributed by atoms with E-state index in [0.717, 1.165) is 60.5 Å². The number of hydrogen-bond donors (Lipinski definition) is 0. The predicted molar refractivity (Wildman–Crippen MR) is 173 cm³/mol. The van der Waals surface area contributed by atoms with E-state index in [1.165, 1.54) is 0 Å². The zero-order valence-corrected chi connectivity index (χ0v) is 22.5. The van der Waals surface area contributed by atoms with Crippen molar-refractivity contribution in [3.8, 4) is 22.5 Å². The van der Waals surface area contributed by atoms with Crippen molar-refractivity contribution < 1.29 is 0 Å². The smallest absolute Gasteiger partial charge is 0.184 e. The lowest BCUT2D eigenvalue weighted by Crippen LogP contribution is -1.99. The van der Waals surface area contributed by atoms with E-state index >= 15 is 0 Å². The van der Waals surface area contributed by atoms with E-state index in [4.69, 9.17) is 13.1 Å². The molecule has 8 rings (SSSR count). The van der Waals surface area contributed by atoms with Gasteiger partial charge in [-0.25, -0.2) is 9.69 Å². The van der Waals surface area contributed by atoms with Crippen LogP contribution in [-0.4, -0.2) is 9.13 Å². The topological polar surface area (TPSA) is 18.6 Å². The van der Waals surface area contributed by atoms with Crippen molar-refractivity contribution in [3.05, 3.63) is 156 Å². The maximum atomic E-state index is 8.05. The molecule has 0 spiro atoms. The molecule has 6 aromatic carbocycles. The molecule has 42 heavy (non-hydrogen) atoms. The van der Waals surface area contributed by atoms with Crippen LogP contribution in [0.5, 0.6) is 0 Å². The molecule has 0 saturated heterocycles. The molecule has 2 aromatic heterocycles. The number of rotatable bonds is 3. The first-order chi connectivity index (χ1) is 20.8. The van der Waals surface area contributed by atoms with E-state index in [9.17, 15) is 0 Å². The molecular weight excluding hydrogens is 512 g/mol. The van der Waals surface area contributed by atoms with E-state index in [0.29, 0.717) is 16.9 Å². The molecule has 8 aromatic rings. The Kier molecular flexibility index (Phi) is 5.22. The second kappa shape index (κ2) is 9.24. The Bertz CT molecular complexity index is 2340. The van der Waals surface area contributed by atoms with Crippen molar-refractivity contribution in [1.29, 1.82) is 0 Å². The van der Waals surface area contributed by atoms with Gasteiger partial charge in [0.1, 0.15) is 0 Å². The molecule has 0 aliphatic heterocycles. The van der Waals surface area contributed by atoms with Gasteiger partial charge in [0.2, 0.25) is 0 Å². The zero-order chi connectivity index (χ0) is 28.2. The molecule has 0 aliphatic rings. The molecular formula is C38H22N4. The molecule has 0 bridgehead atoms. The number of hydrogen-bond acceptors (Lipinski definition) is 0. The third-order valence-corrected chi connectivity index (χ3v) is 8.16. The number of para-hydroxylation sites is 4. The maximum Gasteiger partial charge on any atom is 0.184 e. The van der Waals surface area contributed by atoms with Gasteiger partial charge in [-0.3, -0.25) is 0 Å². The SMILES string of the molecule is [C-]#[N+]c1cccc([N+]#[C-])c1-c1cc2c(cc1-n1c3ccccc3c3ccccc31)c1ccccc1n2-c1ccccc1. The van der Waals surface area contributed by atoms with E-state index in [1.54, 1.807) is 6.07 Å². The lowest BCUT2D eigenvalue weighted by atomic mass is 9.97. The fourth-order valence-corrected chi connectivity index (χ4v) is 6.42. The third kappa shape index (κ3) is 3.33. The van der Waals surface area contributed by atoms with Gasteiger partial charge in [0.25, 0.3) is 0 Å². The number of nitrogens with zero attached hydrogens (tertiary/aromatic N) is 4. The fraction of sp³-hybridized carbons (Fsp3) is 0. The second-order valence-corrected chi connectivity index (χ2v) is 10.3. The lowest BCUT2D eigenvalue weighted by molar-refractivity contribution is 1.17. The minimum absolute atomic E-state index is 0.465. The van der Waals surface area contributed by atoms with Gasteiger partial charge < -0.3 is 9.13 Å². The van der Waals surface area contributed by atoms with Crippen molar-refractivity contribution >= 4 is 55.0 Å². The van der Waals surface area contributed by atoms with Gasteiger partial charge >= 0.3 is 0 Å². The summed E-state index contributed by atoms with van der Waals surface area (Å²) in [6.07, 6.45) is 0. The molecule has 4 heteroatoms. The predicted octanol–water partition coefficient (Wildman–Crippen LogP) is 10.6. The molecule has 2 heterocycles. The molecule has 0 N–H and O–H groups in total. The molecule has 0 fully saturated rings. The summed E-state index contributed by atoms with van der Waals surface area (Å²) < 4.78 is 4.57. The monoisotopic (exact) mass is 534 g/mol. The van der Waals surface area contributed by atoms with Crippen LogP contribution in [0.15, 0.2) is 133 Å². The lowest BCUT2D eigenvalue weighted by Gasteiger charge is -2.18. The molecule has 4 nitrogen and oxygen atoms in total. The highest BCUT2D eigenvalue weighted by Gasteiger charge is 2.22. The zero-order valence-electron chi connectivity index (χ0n) is 22.5. The van der Waals surface area contributed by atoms with E-state index in [-0.39, 0.29) is 0 Å². The summed E-state index contributed by atoms with van der Waals surface area (Å²) in [5.74, 6) is 0. The Morgan fingerprint density at radius 2 is 0.929 bits per heavy atom. The minimum atomic E-state index is 0.465. The Morgan fingerprint density at radius 3 is 1.50 bits per heavy atom. The van der Waals surface area contributed by atoms with Gasteiger partial charge in [-0.15, -0.1) is 0 Å². The minimum Gasteiger partial charge on any atom is -0.309 e. The van der Waals surface area contributed by atoms with Crippen LogP contribution in [-0.2, 0) is 0 Å². The molecule has 0 amide bonds. The van der Waals surface area contributed by atoms with Crippen molar-refractivity contribution in [3.63, 3.8) is 0 Å². The number of aromatic nitrogens is 2. The quantitative estimate of drug-likeness (QED) is 0.201. The highest BCUT2D eigenvalue weighted by atomic mass is 15.0. The summed E-state index contributed by atoms with van der Waals surface area (Å²) in [4.78, 5) is 7.79. The van der Waals surface area contributed by atoms with Crippen molar-refractivity contribution in [2.75, 3.05) is 0 Å². The van der Waals surface area contributed by atoms with Crippen molar-refractivity contribution in [2.45, 2.75) is 0 Å². The van der Waals surface area contributed by atoms with Gasteiger partial charge in [0.05, 0.1) is 40.9 Å². The van der Waals surface area contributed by atoms with Crippen LogP contribution in [0.1, 0.15) is 0 Å². The van der Waals surface area contributed by atoms with Gasteiger partial charge in [0.15, 0.2) is 11.4 Å². The summed E-state index contributed by atoms with van der Waals surface area (Å²) in [6.45, 7) is 16.1. The summed E-state index contributed by atoms with van der Waals surface area (Å²) in [5, 5.41) is 4.58. The van der Waals surface area contributed by atoms with Gasteiger partial charge in [0, 0.05) is 27.2 Å². The first kappa shape index (κ1) is 23.8. The first-order valence-electron chi connectivity index (χ1n) is 13.8. The Labute approximate surface area is 242 Å². The van der Waals surface area contributed by atoms with E-state index in [2.05, 4.69) is 128 Å². The molecule has 0 saturated carbocycles. The number of benzene rings is 6. The van der Waals surface area contributed by atoms with Gasteiger partial charge in [-0.05, 0) is 53.6 Å². The van der Waals surface area contributed by atoms with Crippen LogP contribution in [0.2, 0.25) is 0 Å². The standard InChI is InChI=1S/C38H22N4/c1-39-31-18-12-19-32(40-2)38(31)30-24-36-29(28-17-8-9-20-33(28)41(36)25-13-4-3-5-14-25)23-37(30)42-34-21-10-6-15-26(34)27-16-7-11-22-35(27)42/h3-24H. The average Bonchev–Trinajstić information content (AvgIpc) is 3.56. The van der Waals surface area contributed by atoms with Gasteiger partial charge in [-0.2, -0.15) is 0 Å². The molecule has 0 radical (unpaired) electrons. The summed E-state index contributed by atoms with van der Waals surface area (Å²) in [5.41, 5.74) is 8.73. The van der Waals surface area contributed by atoms with Crippen molar-refractivity contribution in [1.82, 2.24) is 9.13 Å². The largest absolute Gasteiger partial charge is 0.309 e. The maximum absolute atomic E-state index is 8.05. The summed E-state index contributed by atoms with van der Waals surface area (Å²) in [7, 11) is 0. The molecule has 194 valence electrons. The van der Waals surface area contributed by atoms with Gasteiger partial charge in [-0.1, -0.05) is 91.0 Å². The third-order valence-electron chi connectivity index (χ3n) is 8.16. The summed E-state index contributed by atoms with van der Waals surface area (Å²) >= 11 is 0. The van der Waals surface area contributed by atoms with E-state index < -0.39 is 0 Å². The molecule has 0 unspecified atom stereocenters. The Hall–Kier alpha value is -6.10. The molecule has 0 atom stereocenters. The van der Waals surface area contributed by atoms with Crippen LogP contribution in [0.4, 0.5) is 11.4 Å². The highest BCUT2D eigenvalue weighted by molar-refractivity contribution is 6.14. The fourth-order valence-electron chi connectivity index (χ4n) is 6.42. The van der Waals surface area contributed by atoms with Crippen molar-refractivity contribution in [2.24, 2.45) is 0 Å². The average molecular weight is 535 g/mol. The highest BCUT2D eigenvalue weighted by Crippen LogP contribution is 2.46. The van der Waals surface area contributed by atoms with Crippen LogP contribution in [0.25, 0.3) is 75.8 Å². The second-order valence-electron chi connectivity index (χ2n) is 10.3. The Balaban J connectivity index is 1.62. The Morgan fingerprint density at radius 1 is 0.429 bits per heavy atom. The first-order valence-corrected chi connectivity index (χ1v) is 13.8. The molecule has 0 aliphatic carbocycles. The van der Waals surface area contributed by atoms with Crippen LogP contribution in [0.3, 0.4) is 0 Å². The van der Waals surface area contributed by atoms with E-state index in [1.807, 2.05) is 18.2 Å².